The van der Waals surface area contributed by atoms with Crippen molar-refractivity contribution in [2.24, 2.45) is 0 Å². The third kappa shape index (κ3) is 4.28. The predicted octanol–water partition coefficient (Wildman–Crippen LogP) is 0.659. The molecule has 2 aromatic rings. The maximum Gasteiger partial charge on any atom is 0.355 e. The molecule has 1 aromatic carbocycles. The fourth-order valence-electron chi connectivity index (χ4n) is 2.20. The average molecular weight is 377 g/mol. The second-order valence-electron chi connectivity index (χ2n) is 5.28. The third-order valence-electron chi connectivity index (χ3n) is 3.48. The van der Waals surface area contributed by atoms with Gasteiger partial charge in [0.15, 0.2) is 17.2 Å². The molecule has 136 valence electrons. The number of nitrogens with one attached hydrogen (secondary N) is 2. The Morgan fingerprint density at radius 3 is 2.77 bits per heavy atom. The van der Waals surface area contributed by atoms with Gasteiger partial charge in [0.1, 0.15) is 0 Å². The topological polar surface area (TPSA) is 127 Å². The summed E-state index contributed by atoms with van der Waals surface area (Å²) in [6.45, 7) is 0.243. The number of carbonyl (C=O) groups is 3. The number of amides is 2. The molecule has 1 aliphatic rings. The fraction of sp³-hybridized carbons (Fsp3) is 0.250. The van der Waals surface area contributed by atoms with E-state index in [2.05, 4.69) is 15.6 Å². The van der Waals surface area contributed by atoms with E-state index in [0.717, 1.165) is 0 Å². The first kappa shape index (κ1) is 17.7. The highest BCUT2D eigenvalue weighted by atomic mass is 32.1. The molecule has 0 aliphatic carbocycles. The Labute approximate surface area is 152 Å². The first-order chi connectivity index (χ1) is 12.5. The molecule has 0 saturated carbocycles. The number of nitrogens with zero attached hydrogens (tertiary/aromatic N) is 1. The lowest BCUT2D eigenvalue weighted by atomic mass is 10.2. The highest BCUT2D eigenvalue weighted by molar-refractivity contribution is 7.09. The van der Waals surface area contributed by atoms with Crippen LogP contribution in [-0.4, -0.2) is 47.8 Å². The zero-order valence-corrected chi connectivity index (χ0v) is 14.3. The third-order valence-corrected chi connectivity index (χ3v) is 4.38. The maximum atomic E-state index is 12.1. The number of ether oxygens (including phenoxy) is 2. The van der Waals surface area contributed by atoms with Crippen LogP contribution in [0, 0.1) is 0 Å². The molecule has 2 amide bonds. The van der Waals surface area contributed by atoms with E-state index in [4.69, 9.17) is 14.6 Å². The van der Waals surface area contributed by atoms with Gasteiger partial charge in [0.25, 0.3) is 5.91 Å². The molecule has 0 fully saturated rings. The number of rotatable bonds is 7. The summed E-state index contributed by atoms with van der Waals surface area (Å²) in [5.74, 6) is -0.764. The molecule has 0 atom stereocenters. The van der Waals surface area contributed by atoms with E-state index in [9.17, 15) is 14.4 Å². The maximum absolute atomic E-state index is 12.1. The summed E-state index contributed by atoms with van der Waals surface area (Å²) >= 11 is 1.22. The number of carboxylic acids is 1. The molecule has 10 heteroatoms. The van der Waals surface area contributed by atoms with E-state index in [0.29, 0.717) is 35.0 Å². The number of hydrogen-bond donors (Lipinski definition) is 3. The van der Waals surface area contributed by atoms with Gasteiger partial charge in [-0.3, -0.25) is 9.59 Å². The van der Waals surface area contributed by atoms with Crippen molar-refractivity contribution >= 4 is 29.1 Å². The molecule has 9 nitrogen and oxygen atoms in total. The first-order valence-corrected chi connectivity index (χ1v) is 8.53. The van der Waals surface area contributed by atoms with Gasteiger partial charge in [0, 0.05) is 23.9 Å². The first-order valence-electron chi connectivity index (χ1n) is 7.65. The lowest BCUT2D eigenvalue weighted by Crippen LogP contribution is -2.37. The van der Waals surface area contributed by atoms with E-state index < -0.39 is 11.9 Å². The van der Waals surface area contributed by atoms with Crippen LogP contribution in [0.4, 0.5) is 0 Å². The van der Waals surface area contributed by atoms with E-state index in [1.54, 1.807) is 18.2 Å². The molecule has 1 aliphatic heterocycles. The van der Waals surface area contributed by atoms with Gasteiger partial charge < -0.3 is 25.2 Å². The Bertz CT molecular complexity index is 850. The Kier molecular flexibility index (Phi) is 5.32. The minimum Gasteiger partial charge on any atom is -0.476 e. The van der Waals surface area contributed by atoms with Crippen LogP contribution in [0.5, 0.6) is 11.5 Å². The quantitative estimate of drug-likeness (QED) is 0.647. The summed E-state index contributed by atoms with van der Waals surface area (Å²) in [6, 6.07) is 4.78. The summed E-state index contributed by atoms with van der Waals surface area (Å²) in [5, 5.41) is 16.0. The normalized spacial score (nSPS) is 11.8. The molecule has 0 unspecified atom stereocenters. The van der Waals surface area contributed by atoms with E-state index in [-0.39, 0.29) is 24.9 Å². The lowest BCUT2D eigenvalue weighted by Gasteiger charge is -2.07. The number of fused-ring (bicyclic) bond motifs is 1. The summed E-state index contributed by atoms with van der Waals surface area (Å²) in [4.78, 5) is 38.5. The van der Waals surface area contributed by atoms with Crippen molar-refractivity contribution in [3.8, 4) is 11.5 Å². The number of aromatic carboxylic acids is 1. The highest BCUT2D eigenvalue weighted by Crippen LogP contribution is 2.32. The van der Waals surface area contributed by atoms with Crippen molar-refractivity contribution in [3.05, 3.63) is 39.8 Å². The van der Waals surface area contributed by atoms with E-state index in [1.807, 2.05) is 0 Å². The zero-order chi connectivity index (χ0) is 18.5. The Balaban J connectivity index is 1.40. The Hall–Kier alpha value is -3.14. The smallest absolute Gasteiger partial charge is 0.355 e. The van der Waals surface area contributed by atoms with Crippen LogP contribution in [0.25, 0.3) is 0 Å². The zero-order valence-electron chi connectivity index (χ0n) is 13.5. The number of benzene rings is 1. The van der Waals surface area contributed by atoms with Crippen LogP contribution in [0.1, 0.15) is 25.9 Å². The van der Waals surface area contributed by atoms with Gasteiger partial charge in [-0.05, 0) is 18.2 Å². The standard InChI is InChI=1S/C16H15N3O6S/c20-13(17-4-3-14-19-10(7-26-14)16(22)23)6-18-15(21)9-1-2-11-12(5-9)25-8-24-11/h1-2,5,7H,3-4,6,8H2,(H,17,20)(H,18,21)(H,22,23). The number of hydrogen-bond acceptors (Lipinski definition) is 7. The number of carboxylic acid groups (broad SMARTS) is 1. The molecule has 3 N–H and O–H groups in total. The summed E-state index contributed by atoms with van der Waals surface area (Å²) in [6.07, 6.45) is 0.416. The monoisotopic (exact) mass is 377 g/mol. The van der Waals surface area contributed by atoms with Gasteiger partial charge in [-0.2, -0.15) is 0 Å². The van der Waals surface area contributed by atoms with Crippen molar-refractivity contribution in [2.75, 3.05) is 19.9 Å². The van der Waals surface area contributed by atoms with Crippen LogP contribution >= 0.6 is 11.3 Å². The fourth-order valence-corrected chi connectivity index (χ4v) is 2.97. The average Bonchev–Trinajstić information content (AvgIpc) is 3.28. The second kappa shape index (κ2) is 7.83. The molecule has 0 saturated heterocycles. The summed E-state index contributed by atoms with van der Waals surface area (Å²) in [7, 11) is 0. The minimum atomic E-state index is -1.08. The van der Waals surface area contributed by atoms with Gasteiger partial charge in [0.05, 0.1) is 11.6 Å². The van der Waals surface area contributed by atoms with Crippen LogP contribution < -0.4 is 20.1 Å². The van der Waals surface area contributed by atoms with E-state index >= 15 is 0 Å². The molecular formula is C16H15N3O6S. The van der Waals surface area contributed by atoms with Crippen LogP contribution in [0.3, 0.4) is 0 Å². The van der Waals surface area contributed by atoms with Gasteiger partial charge in [-0.25, -0.2) is 9.78 Å². The second-order valence-corrected chi connectivity index (χ2v) is 6.22. The molecule has 26 heavy (non-hydrogen) atoms. The minimum absolute atomic E-state index is 0.00711. The van der Waals surface area contributed by atoms with E-state index in [1.165, 1.54) is 16.7 Å². The Morgan fingerprint density at radius 1 is 1.19 bits per heavy atom. The lowest BCUT2D eigenvalue weighted by molar-refractivity contribution is -0.120. The van der Waals surface area contributed by atoms with Gasteiger partial charge in [-0.15, -0.1) is 11.3 Å². The number of aromatic nitrogens is 1. The molecule has 0 spiro atoms. The van der Waals surface area contributed by atoms with Gasteiger partial charge in [0.2, 0.25) is 12.7 Å². The van der Waals surface area contributed by atoms with Crippen LogP contribution in [0.2, 0.25) is 0 Å². The highest BCUT2D eigenvalue weighted by Gasteiger charge is 2.16. The number of carbonyl (C=O) groups excluding carboxylic acids is 2. The van der Waals surface area contributed by atoms with Crippen molar-refractivity contribution in [1.29, 1.82) is 0 Å². The predicted molar refractivity (Wildman–Crippen MR) is 90.7 cm³/mol. The molecule has 0 bridgehead atoms. The number of thiazole rings is 1. The van der Waals surface area contributed by atoms with Crippen LogP contribution in [0.15, 0.2) is 23.6 Å². The van der Waals surface area contributed by atoms with Gasteiger partial charge in [-0.1, -0.05) is 0 Å². The largest absolute Gasteiger partial charge is 0.476 e. The van der Waals surface area contributed by atoms with Crippen LogP contribution in [-0.2, 0) is 11.2 Å². The van der Waals surface area contributed by atoms with Crippen molar-refractivity contribution in [2.45, 2.75) is 6.42 Å². The molecular weight excluding hydrogens is 362 g/mol. The summed E-state index contributed by atoms with van der Waals surface area (Å²) < 4.78 is 10.4. The van der Waals surface area contributed by atoms with Gasteiger partial charge >= 0.3 is 5.97 Å². The van der Waals surface area contributed by atoms with Crippen molar-refractivity contribution < 1.29 is 29.0 Å². The molecule has 2 heterocycles. The molecule has 3 rings (SSSR count). The van der Waals surface area contributed by atoms with Crippen molar-refractivity contribution in [3.63, 3.8) is 0 Å². The molecule has 1 aromatic heterocycles. The molecule has 0 radical (unpaired) electrons. The SMILES string of the molecule is O=C(CNC(=O)c1ccc2c(c1)OCO2)NCCc1nc(C(=O)O)cs1. The van der Waals surface area contributed by atoms with Crippen molar-refractivity contribution in [1.82, 2.24) is 15.6 Å². The Morgan fingerprint density at radius 2 is 2.00 bits per heavy atom. The summed E-state index contributed by atoms with van der Waals surface area (Å²) in [5.41, 5.74) is 0.360.